The first-order valence-electron chi connectivity index (χ1n) is 7.98. The number of hydrogen-bond acceptors (Lipinski definition) is 4. The largest absolute Gasteiger partial charge is 0.508 e. The number of hydrogen-bond donors (Lipinski definition) is 1. The smallest absolute Gasteiger partial charge is 0.438 e. The van der Waals surface area contributed by atoms with Gasteiger partial charge in [0.2, 0.25) is 0 Å². The first kappa shape index (κ1) is 17.8. The molecule has 0 aliphatic heterocycles. The maximum atomic E-state index is 10.8. The van der Waals surface area contributed by atoms with Crippen LogP contribution in [0.5, 0.6) is 0 Å². The zero-order valence-corrected chi connectivity index (χ0v) is 14.0. The van der Waals surface area contributed by atoms with Crippen LogP contribution < -0.4 is 0 Å². The molecule has 0 aliphatic carbocycles. The van der Waals surface area contributed by atoms with Gasteiger partial charge < -0.3 is 14.5 Å². The van der Waals surface area contributed by atoms with E-state index in [9.17, 15) is 4.79 Å². The van der Waals surface area contributed by atoms with E-state index in [0.29, 0.717) is 0 Å². The van der Waals surface area contributed by atoms with Crippen LogP contribution >= 0.6 is 0 Å². The molecular weight excluding hydrogens is 304 g/mol. The van der Waals surface area contributed by atoms with Crippen molar-refractivity contribution in [2.75, 3.05) is 33.4 Å². The Morgan fingerprint density at radius 3 is 2.92 bits per heavy atom. The minimum Gasteiger partial charge on any atom is -0.438 e. The Morgan fingerprint density at radius 1 is 1.29 bits per heavy atom. The summed E-state index contributed by atoms with van der Waals surface area (Å²) in [6.07, 6.45) is 8.08. The van der Waals surface area contributed by atoms with Crippen molar-refractivity contribution in [1.82, 2.24) is 9.88 Å². The summed E-state index contributed by atoms with van der Waals surface area (Å²) < 4.78 is 9.22. The lowest BCUT2D eigenvalue weighted by molar-refractivity contribution is 0.0817. The summed E-state index contributed by atoms with van der Waals surface area (Å²) in [5, 5.41) is 1.28. The van der Waals surface area contributed by atoms with Crippen molar-refractivity contribution in [3.63, 3.8) is 0 Å². The maximum absolute atomic E-state index is 10.8. The molecule has 5 heteroatoms. The fourth-order valence-corrected chi connectivity index (χ4v) is 2.52. The summed E-state index contributed by atoms with van der Waals surface area (Å²) in [4.78, 5) is 16.4. The highest BCUT2D eigenvalue weighted by atomic mass is 16.7. The molecule has 0 bridgehead atoms. The van der Waals surface area contributed by atoms with Gasteiger partial charge in [0.1, 0.15) is 6.61 Å². The maximum Gasteiger partial charge on any atom is 0.508 e. The van der Waals surface area contributed by atoms with E-state index < -0.39 is 6.16 Å². The summed E-state index contributed by atoms with van der Waals surface area (Å²) in [5.41, 5.74) is 2.49. The molecule has 2 rings (SSSR count). The number of nitrogens with zero attached hydrogens (tertiary/aromatic N) is 1. The van der Waals surface area contributed by atoms with Gasteiger partial charge in [0, 0.05) is 36.7 Å². The number of carbonyl (C=O) groups excluding carboxylic acids is 1. The van der Waals surface area contributed by atoms with Crippen LogP contribution in [0.1, 0.15) is 5.56 Å². The molecule has 24 heavy (non-hydrogen) atoms. The van der Waals surface area contributed by atoms with Gasteiger partial charge in [-0.3, -0.25) is 4.90 Å². The summed E-state index contributed by atoms with van der Waals surface area (Å²) in [6.45, 7) is 6.55. The SMILES string of the molecule is C=CCN(C/C=C/COC(=O)OC)CCc1c[nH]c2ccccc12. The van der Waals surface area contributed by atoms with Crippen molar-refractivity contribution >= 4 is 17.1 Å². The third kappa shape index (κ3) is 5.28. The molecule has 0 radical (unpaired) electrons. The summed E-state index contributed by atoms with van der Waals surface area (Å²) >= 11 is 0. The molecule has 0 saturated heterocycles. The quantitative estimate of drug-likeness (QED) is 0.565. The fourth-order valence-electron chi connectivity index (χ4n) is 2.52. The van der Waals surface area contributed by atoms with Crippen LogP contribution in [0, 0.1) is 0 Å². The highest BCUT2D eigenvalue weighted by molar-refractivity contribution is 5.83. The second-order valence-corrected chi connectivity index (χ2v) is 5.39. The standard InChI is InChI=1S/C19H24N2O3/c1-3-11-21(12-6-7-14-24-19(22)23-2)13-10-16-15-20-18-9-5-4-8-17(16)18/h3-9,15,20H,1,10-14H2,2H3/b7-6+. The molecule has 1 heterocycles. The Kier molecular flexibility index (Phi) is 7.11. The number of carbonyl (C=O) groups is 1. The number of rotatable bonds is 9. The van der Waals surface area contributed by atoms with Crippen LogP contribution in [0.25, 0.3) is 10.9 Å². The molecule has 0 spiro atoms. The minimum atomic E-state index is -0.665. The van der Waals surface area contributed by atoms with Gasteiger partial charge in [0.05, 0.1) is 7.11 Å². The Labute approximate surface area is 142 Å². The summed E-state index contributed by atoms with van der Waals surface area (Å²) in [7, 11) is 1.29. The van der Waals surface area contributed by atoms with E-state index in [2.05, 4.69) is 45.6 Å². The van der Waals surface area contributed by atoms with Gasteiger partial charge in [0.15, 0.2) is 0 Å². The Morgan fingerprint density at radius 2 is 2.12 bits per heavy atom. The molecular formula is C19H24N2O3. The van der Waals surface area contributed by atoms with Crippen molar-refractivity contribution in [1.29, 1.82) is 0 Å². The van der Waals surface area contributed by atoms with Crippen molar-refractivity contribution in [2.45, 2.75) is 6.42 Å². The summed E-state index contributed by atoms with van der Waals surface area (Å²) in [6, 6.07) is 8.33. The van der Waals surface area contributed by atoms with Crippen LogP contribution in [0.3, 0.4) is 0 Å². The minimum absolute atomic E-state index is 0.219. The first-order chi connectivity index (χ1) is 11.7. The van der Waals surface area contributed by atoms with Crippen molar-refractivity contribution in [3.05, 3.63) is 60.8 Å². The second kappa shape index (κ2) is 9.57. The number of nitrogens with one attached hydrogen (secondary N) is 1. The number of benzene rings is 1. The lowest BCUT2D eigenvalue weighted by Gasteiger charge is -2.18. The van der Waals surface area contributed by atoms with E-state index in [1.807, 2.05) is 24.3 Å². The van der Waals surface area contributed by atoms with Gasteiger partial charge in [-0.15, -0.1) is 6.58 Å². The highest BCUT2D eigenvalue weighted by Crippen LogP contribution is 2.18. The zero-order chi connectivity index (χ0) is 17.2. The van der Waals surface area contributed by atoms with E-state index >= 15 is 0 Å². The third-order valence-electron chi connectivity index (χ3n) is 3.75. The van der Waals surface area contributed by atoms with Gasteiger partial charge in [-0.25, -0.2) is 4.79 Å². The molecule has 1 aromatic heterocycles. The van der Waals surface area contributed by atoms with Crippen LogP contribution in [-0.2, 0) is 15.9 Å². The van der Waals surface area contributed by atoms with Gasteiger partial charge in [-0.05, 0) is 24.1 Å². The molecule has 0 unspecified atom stereocenters. The zero-order valence-electron chi connectivity index (χ0n) is 14.0. The van der Waals surface area contributed by atoms with Crippen LogP contribution in [0.15, 0.2) is 55.3 Å². The molecule has 1 N–H and O–H groups in total. The second-order valence-electron chi connectivity index (χ2n) is 5.39. The molecule has 0 saturated carbocycles. The Hall–Kier alpha value is -2.53. The predicted octanol–water partition coefficient (Wildman–Crippen LogP) is 3.54. The third-order valence-corrected chi connectivity index (χ3v) is 3.75. The number of fused-ring (bicyclic) bond motifs is 1. The van der Waals surface area contributed by atoms with Gasteiger partial charge in [-0.2, -0.15) is 0 Å². The number of methoxy groups -OCH3 is 1. The average molecular weight is 328 g/mol. The van der Waals surface area contributed by atoms with E-state index in [1.54, 1.807) is 0 Å². The van der Waals surface area contributed by atoms with Crippen molar-refractivity contribution in [2.24, 2.45) is 0 Å². The molecule has 1 aromatic carbocycles. The molecule has 0 amide bonds. The number of aromatic amines is 1. The van der Waals surface area contributed by atoms with E-state index in [1.165, 1.54) is 23.6 Å². The number of H-pyrrole nitrogens is 1. The molecule has 0 aliphatic rings. The Bertz CT molecular complexity index is 691. The molecule has 128 valence electrons. The lowest BCUT2D eigenvalue weighted by Crippen LogP contribution is -2.26. The predicted molar refractivity (Wildman–Crippen MR) is 96.1 cm³/mol. The van der Waals surface area contributed by atoms with Crippen molar-refractivity contribution < 1.29 is 14.3 Å². The van der Waals surface area contributed by atoms with Gasteiger partial charge >= 0.3 is 6.16 Å². The Balaban J connectivity index is 1.83. The topological polar surface area (TPSA) is 54.6 Å². The van der Waals surface area contributed by atoms with E-state index in [0.717, 1.165) is 26.1 Å². The number of aromatic nitrogens is 1. The van der Waals surface area contributed by atoms with Crippen LogP contribution in [-0.4, -0.2) is 49.4 Å². The average Bonchev–Trinajstić information content (AvgIpc) is 3.02. The molecule has 0 fully saturated rings. The normalized spacial score (nSPS) is 11.2. The van der Waals surface area contributed by atoms with Crippen LogP contribution in [0.2, 0.25) is 0 Å². The first-order valence-corrected chi connectivity index (χ1v) is 7.98. The fraction of sp³-hybridized carbons (Fsp3) is 0.316. The summed E-state index contributed by atoms with van der Waals surface area (Å²) in [5.74, 6) is 0. The van der Waals surface area contributed by atoms with Crippen molar-refractivity contribution in [3.8, 4) is 0 Å². The van der Waals surface area contributed by atoms with Gasteiger partial charge in [0.25, 0.3) is 0 Å². The van der Waals surface area contributed by atoms with E-state index in [-0.39, 0.29) is 6.61 Å². The van der Waals surface area contributed by atoms with Crippen LogP contribution in [0.4, 0.5) is 4.79 Å². The molecule has 5 nitrogen and oxygen atoms in total. The number of ether oxygens (including phenoxy) is 2. The molecule has 0 atom stereocenters. The number of para-hydroxylation sites is 1. The monoisotopic (exact) mass is 328 g/mol. The molecule has 2 aromatic rings. The lowest BCUT2D eigenvalue weighted by atomic mass is 10.1. The van der Waals surface area contributed by atoms with E-state index in [4.69, 9.17) is 4.74 Å². The highest BCUT2D eigenvalue weighted by Gasteiger charge is 2.06. The van der Waals surface area contributed by atoms with Gasteiger partial charge in [-0.1, -0.05) is 30.4 Å².